The van der Waals surface area contributed by atoms with Crippen LogP contribution in [0.15, 0.2) is 91.0 Å². The number of carbonyl (C=O) groups is 3. The number of alkyl halides is 1. The van der Waals surface area contributed by atoms with Gasteiger partial charge in [-0.15, -0.1) is 0 Å². The summed E-state index contributed by atoms with van der Waals surface area (Å²) < 4.78 is 0. The van der Waals surface area contributed by atoms with Crippen molar-refractivity contribution >= 4 is 33.7 Å². The molecule has 0 radical (unpaired) electrons. The van der Waals surface area contributed by atoms with Gasteiger partial charge in [0.1, 0.15) is 0 Å². The Balaban J connectivity index is 1.59. The SMILES string of the molecule is O=C(NC(C(=O)NCCc1ccccc1)C(=O)NCCc1ccccc1)C(Br)Cc1ccccc1. The molecule has 182 valence electrons. The minimum absolute atomic E-state index is 0.355. The average Bonchev–Trinajstić information content (AvgIpc) is 2.88. The molecule has 0 aliphatic rings. The van der Waals surface area contributed by atoms with Crippen molar-refractivity contribution in [3.8, 4) is 0 Å². The van der Waals surface area contributed by atoms with Crippen molar-refractivity contribution in [3.63, 3.8) is 0 Å². The van der Waals surface area contributed by atoms with Crippen LogP contribution in [0.25, 0.3) is 0 Å². The Labute approximate surface area is 214 Å². The summed E-state index contributed by atoms with van der Waals surface area (Å²) in [4.78, 5) is 38.1. The van der Waals surface area contributed by atoms with Crippen LogP contribution >= 0.6 is 15.9 Å². The minimum Gasteiger partial charge on any atom is -0.354 e. The molecule has 1 atom stereocenters. The maximum Gasteiger partial charge on any atom is 0.252 e. The molecule has 0 aliphatic carbocycles. The van der Waals surface area contributed by atoms with Crippen molar-refractivity contribution in [3.05, 3.63) is 108 Å². The summed E-state index contributed by atoms with van der Waals surface area (Å²) in [7, 11) is 0. The topological polar surface area (TPSA) is 87.3 Å². The first-order valence-corrected chi connectivity index (χ1v) is 12.6. The molecule has 0 saturated heterocycles. The summed E-state index contributed by atoms with van der Waals surface area (Å²) in [6, 6.07) is 27.7. The lowest BCUT2D eigenvalue weighted by atomic mass is 10.1. The zero-order chi connectivity index (χ0) is 24.9. The summed E-state index contributed by atoms with van der Waals surface area (Å²) in [5, 5.41) is 8.19. The Morgan fingerprint density at radius 2 is 1.00 bits per heavy atom. The highest BCUT2D eigenvalue weighted by atomic mass is 79.9. The van der Waals surface area contributed by atoms with Gasteiger partial charge in [0, 0.05) is 13.1 Å². The van der Waals surface area contributed by atoms with Crippen LogP contribution < -0.4 is 16.0 Å². The number of hydrogen-bond acceptors (Lipinski definition) is 3. The van der Waals surface area contributed by atoms with Gasteiger partial charge < -0.3 is 16.0 Å². The molecule has 0 fully saturated rings. The summed E-state index contributed by atoms with van der Waals surface area (Å²) >= 11 is 3.40. The molecule has 0 heterocycles. The van der Waals surface area contributed by atoms with Crippen LogP contribution in [-0.4, -0.2) is 41.7 Å². The quantitative estimate of drug-likeness (QED) is 0.246. The highest BCUT2D eigenvalue weighted by Crippen LogP contribution is 2.10. The maximum atomic E-state index is 12.9. The molecule has 35 heavy (non-hydrogen) atoms. The third-order valence-corrected chi connectivity index (χ3v) is 6.20. The van der Waals surface area contributed by atoms with Gasteiger partial charge in [-0.25, -0.2) is 0 Å². The van der Waals surface area contributed by atoms with Gasteiger partial charge in [-0.1, -0.05) is 107 Å². The fourth-order valence-electron chi connectivity index (χ4n) is 3.55. The standard InChI is InChI=1S/C28H30BrN3O3/c29-24(20-23-14-8-3-9-15-23)26(33)32-25(27(34)30-18-16-21-10-4-1-5-11-21)28(35)31-19-17-22-12-6-2-7-13-22/h1-15,24-25H,16-20H2,(H,30,34)(H,31,35)(H,32,33). The number of halogens is 1. The van der Waals surface area contributed by atoms with Crippen molar-refractivity contribution < 1.29 is 14.4 Å². The molecule has 3 rings (SSSR count). The molecule has 6 nitrogen and oxygen atoms in total. The van der Waals surface area contributed by atoms with E-state index >= 15 is 0 Å². The van der Waals surface area contributed by atoms with E-state index in [0.717, 1.165) is 16.7 Å². The molecular weight excluding hydrogens is 506 g/mol. The van der Waals surface area contributed by atoms with Crippen molar-refractivity contribution in [1.29, 1.82) is 0 Å². The van der Waals surface area contributed by atoms with E-state index in [1.54, 1.807) is 0 Å². The molecule has 3 N–H and O–H groups in total. The normalized spacial score (nSPS) is 11.5. The lowest BCUT2D eigenvalue weighted by molar-refractivity contribution is -0.136. The Morgan fingerprint density at radius 1 is 0.600 bits per heavy atom. The zero-order valence-electron chi connectivity index (χ0n) is 19.5. The lowest BCUT2D eigenvalue weighted by Crippen LogP contribution is -2.57. The molecule has 7 heteroatoms. The average molecular weight is 536 g/mol. The Morgan fingerprint density at radius 3 is 1.43 bits per heavy atom. The van der Waals surface area contributed by atoms with Crippen LogP contribution in [0.2, 0.25) is 0 Å². The summed E-state index contributed by atoms with van der Waals surface area (Å²) in [6.45, 7) is 0.711. The van der Waals surface area contributed by atoms with Crippen LogP contribution in [0.5, 0.6) is 0 Å². The second-order valence-electron chi connectivity index (χ2n) is 8.15. The van der Waals surface area contributed by atoms with Gasteiger partial charge in [-0.3, -0.25) is 14.4 Å². The molecule has 0 saturated carbocycles. The highest BCUT2D eigenvalue weighted by Gasteiger charge is 2.30. The van der Waals surface area contributed by atoms with E-state index in [-0.39, 0.29) is 0 Å². The number of rotatable bonds is 12. The monoisotopic (exact) mass is 535 g/mol. The molecule has 3 amide bonds. The second-order valence-corrected chi connectivity index (χ2v) is 9.26. The Hall–Kier alpha value is -3.45. The number of benzene rings is 3. The summed E-state index contributed by atoms with van der Waals surface area (Å²) in [6.07, 6.45) is 1.68. The molecule has 0 aromatic heterocycles. The zero-order valence-corrected chi connectivity index (χ0v) is 21.0. The van der Waals surface area contributed by atoms with Gasteiger partial charge in [0.05, 0.1) is 4.83 Å². The van der Waals surface area contributed by atoms with Gasteiger partial charge in [0.15, 0.2) is 6.04 Å². The third-order valence-electron chi connectivity index (χ3n) is 5.46. The molecule has 1 unspecified atom stereocenters. The van der Waals surface area contributed by atoms with Crippen LogP contribution in [0.4, 0.5) is 0 Å². The van der Waals surface area contributed by atoms with Crippen LogP contribution in [-0.2, 0) is 33.6 Å². The van der Waals surface area contributed by atoms with E-state index in [1.807, 2.05) is 91.0 Å². The molecule has 0 bridgehead atoms. The van der Waals surface area contributed by atoms with Crippen molar-refractivity contribution in [2.24, 2.45) is 0 Å². The first-order chi connectivity index (χ1) is 17.0. The van der Waals surface area contributed by atoms with Crippen molar-refractivity contribution in [1.82, 2.24) is 16.0 Å². The van der Waals surface area contributed by atoms with Gasteiger partial charge in [0.2, 0.25) is 5.91 Å². The van der Waals surface area contributed by atoms with Crippen LogP contribution in [0, 0.1) is 0 Å². The number of carbonyl (C=O) groups excluding carboxylic acids is 3. The van der Waals surface area contributed by atoms with E-state index < -0.39 is 28.6 Å². The van der Waals surface area contributed by atoms with Gasteiger partial charge >= 0.3 is 0 Å². The molecule has 0 aliphatic heterocycles. The first-order valence-electron chi connectivity index (χ1n) is 11.6. The van der Waals surface area contributed by atoms with E-state index in [1.165, 1.54) is 0 Å². The van der Waals surface area contributed by atoms with Crippen molar-refractivity contribution in [2.45, 2.75) is 30.1 Å². The van der Waals surface area contributed by atoms with E-state index in [2.05, 4.69) is 31.9 Å². The maximum absolute atomic E-state index is 12.9. The van der Waals surface area contributed by atoms with E-state index in [4.69, 9.17) is 0 Å². The van der Waals surface area contributed by atoms with E-state index in [0.29, 0.717) is 32.4 Å². The minimum atomic E-state index is -1.33. The second kappa shape index (κ2) is 14.1. The van der Waals surface area contributed by atoms with Gasteiger partial charge in [0.25, 0.3) is 11.8 Å². The molecular formula is C28H30BrN3O3. The number of amides is 3. The first kappa shape index (κ1) is 26.2. The Kier molecular flexibility index (Phi) is 10.5. The fraction of sp³-hybridized carbons (Fsp3) is 0.250. The van der Waals surface area contributed by atoms with Crippen LogP contribution in [0.1, 0.15) is 16.7 Å². The fourth-order valence-corrected chi connectivity index (χ4v) is 4.06. The lowest BCUT2D eigenvalue weighted by Gasteiger charge is -2.20. The highest BCUT2D eigenvalue weighted by molar-refractivity contribution is 9.10. The number of nitrogens with one attached hydrogen (secondary N) is 3. The molecule has 3 aromatic rings. The molecule has 0 spiro atoms. The van der Waals surface area contributed by atoms with Gasteiger partial charge in [-0.05, 0) is 36.0 Å². The molecule has 3 aromatic carbocycles. The number of hydrogen-bond donors (Lipinski definition) is 3. The summed E-state index contributed by atoms with van der Waals surface area (Å²) in [5.41, 5.74) is 3.12. The third kappa shape index (κ3) is 9.02. The predicted molar refractivity (Wildman–Crippen MR) is 141 cm³/mol. The van der Waals surface area contributed by atoms with Crippen molar-refractivity contribution in [2.75, 3.05) is 13.1 Å². The van der Waals surface area contributed by atoms with Gasteiger partial charge in [-0.2, -0.15) is 0 Å². The largest absolute Gasteiger partial charge is 0.354 e. The van der Waals surface area contributed by atoms with Crippen LogP contribution in [0.3, 0.4) is 0 Å². The summed E-state index contributed by atoms with van der Waals surface area (Å²) in [5.74, 6) is -1.49. The smallest absolute Gasteiger partial charge is 0.252 e. The predicted octanol–water partition coefficient (Wildman–Crippen LogP) is 3.20. The van der Waals surface area contributed by atoms with E-state index in [9.17, 15) is 14.4 Å². The Bertz CT molecular complexity index is 1020.